The first-order valence-corrected chi connectivity index (χ1v) is 4.01. The minimum Gasteiger partial charge on any atom is -0.374 e. The van der Waals surface area contributed by atoms with Crippen LogP contribution >= 0.6 is 11.6 Å². The molecular formula is C6H8ClN3O3. The Morgan fingerprint density at radius 2 is 2.46 bits per heavy atom. The minimum absolute atomic E-state index is 0.00562. The normalized spacial score (nSPS) is 27.8. The number of carbonyl (C=O) groups excluding carboxylic acids is 1. The molecule has 0 aromatic heterocycles. The molecule has 0 aromatic rings. The molecule has 0 bridgehead atoms. The third-order valence-electron chi connectivity index (χ3n) is 1.54. The van der Waals surface area contributed by atoms with E-state index in [9.17, 15) is 4.79 Å². The van der Waals surface area contributed by atoms with Crippen molar-refractivity contribution in [1.82, 2.24) is 0 Å². The van der Waals surface area contributed by atoms with Gasteiger partial charge in [0.25, 0.3) is 0 Å². The molecule has 0 N–H and O–H groups in total. The van der Waals surface area contributed by atoms with Gasteiger partial charge in [0.05, 0.1) is 26.4 Å². The molecule has 1 aliphatic heterocycles. The summed E-state index contributed by atoms with van der Waals surface area (Å²) in [5.74, 6) is -0.480. The van der Waals surface area contributed by atoms with Crippen molar-refractivity contribution in [2.75, 3.05) is 26.4 Å². The number of ether oxygens (including phenoxy) is 2. The maximum atomic E-state index is 11.3. The van der Waals surface area contributed by atoms with Gasteiger partial charge in [0.2, 0.25) is 5.06 Å². The largest absolute Gasteiger partial charge is 0.374 e. The molecule has 6 nitrogen and oxygen atoms in total. The van der Waals surface area contributed by atoms with Crippen molar-refractivity contribution in [3.05, 3.63) is 10.4 Å². The molecule has 1 heterocycles. The van der Waals surface area contributed by atoms with Gasteiger partial charge in [0, 0.05) is 4.91 Å². The first-order chi connectivity index (χ1) is 6.19. The highest BCUT2D eigenvalue weighted by molar-refractivity contribution is 6.34. The lowest BCUT2D eigenvalue weighted by Crippen LogP contribution is -2.46. The van der Waals surface area contributed by atoms with Gasteiger partial charge in [-0.05, 0) is 5.53 Å². The smallest absolute Gasteiger partial charge is 0.223 e. The Labute approximate surface area is 79.4 Å². The molecule has 1 atom stereocenters. The van der Waals surface area contributed by atoms with E-state index < -0.39 is 10.8 Å². The highest BCUT2D eigenvalue weighted by Gasteiger charge is 2.38. The molecule has 0 aliphatic carbocycles. The number of alkyl halides is 1. The Balaban J connectivity index is 2.56. The summed E-state index contributed by atoms with van der Waals surface area (Å²) in [5, 5.41) is 1.64. The summed E-state index contributed by atoms with van der Waals surface area (Å²) in [6.45, 7) is 0.368. The zero-order valence-electron chi connectivity index (χ0n) is 6.77. The maximum Gasteiger partial charge on any atom is 0.223 e. The summed E-state index contributed by atoms with van der Waals surface area (Å²) in [5.41, 5.74) is 7.99. The molecule has 0 amide bonds. The SMILES string of the molecule is [N-]=[N+]=NCC(=O)C1(Cl)COCCO1. The van der Waals surface area contributed by atoms with Crippen molar-refractivity contribution in [3.63, 3.8) is 0 Å². The lowest BCUT2D eigenvalue weighted by Gasteiger charge is -2.29. The molecule has 1 saturated heterocycles. The Morgan fingerprint density at radius 1 is 1.69 bits per heavy atom. The van der Waals surface area contributed by atoms with Crippen LogP contribution in [0.2, 0.25) is 0 Å². The molecular weight excluding hydrogens is 198 g/mol. The minimum atomic E-state index is -1.47. The van der Waals surface area contributed by atoms with Crippen LogP contribution in [0.4, 0.5) is 0 Å². The lowest BCUT2D eigenvalue weighted by atomic mass is 10.2. The van der Waals surface area contributed by atoms with Crippen molar-refractivity contribution < 1.29 is 14.3 Å². The third-order valence-corrected chi connectivity index (χ3v) is 1.97. The van der Waals surface area contributed by atoms with E-state index in [2.05, 4.69) is 10.0 Å². The summed E-state index contributed by atoms with van der Waals surface area (Å²) >= 11 is 5.78. The fraction of sp³-hybridized carbons (Fsp3) is 0.833. The van der Waals surface area contributed by atoms with Crippen molar-refractivity contribution >= 4 is 17.4 Å². The van der Waals surface area contributed by atoms with Gasteiger partial charge in [-0.1, -0.05) is 16.7 Å². The number of azide groups is 1. The van der Waals surface area contributed by atoms with Gasteiger partial charge < -0.3 is 9.47 Å². The topological polar surface area (TPSA) is 84.3 Å². The Morgan fingerprint density at radius 3 is 3.00 bits per heavy atom. The molecule has 13 heavy (non-hydrogen) atoms. The first kappa shape index (κ1) is 10.3. The number of Topliss-reactive ketones (excluding diaryl/α,β-unsaturated/α-hetero) is 1. The third kappa shape index (κ3) is 2.57. The summed E-state index contributed by atoms with van der Waals surface area (Å²) in [7, 11) is 0. The van der Waals surface area contributed by atoms with Gasteiger partial charge >= 0.3 is 0 Å². The standard InChI is InChI=1S/C6H8ClN3O3/c7-6(4-12-1-2-13-6)5(11)3-9-10-8/h1-4H2. The van der Waals surface area contributed by atoms with Crippen LogP contribution in [0, 0.1) is 0 Å². The molecule has 1 fully saturated rings. The Hall–Kier alpha value is -0.810. The van der Waals surface area contributed by atoms with Gasteiger partial charge in [0.1, 0.15) is 0 Å². The van der Waals surface area contributed by atoms with E-state index in [4.69, 9.17) is 26.6 Å². The number of nitrogens with zero attached hydrogens (tertiary/aromatic N) is 3. The Bertz CT molecular complexity index is 246. The average Bonchev–Trinajstić information content (AvgIpc) is 2.15. The van der Waals surface area contributed by atoms with Crippen LogP contribution in [0.15, 0.2) is 5.11 Å². The molecule has 0 saturated carbocycles. The van der Waals surface area contributed by atoms with Crippen molar-refractivity contribution in [2.45, 2.75) is 5.06 Å². The molecule has 1 unspecified atom stereocenters. The van der Waals surface area contributed by atoms with E-state index >= 15 is 0 Å². The molecule has 0 radical (unpaired) electrons. The lowest BCUT2D eigenvalue weighted by molar-refractivity contribution is -0.153. The first-order valence-electron chi connectivity index (χ1n) is 3.64. The monoisotopic (exact) mass is 205 g/mol. The van der Waals surface area contributed by atoms with Crippen LogP contribution in [0.5, 0.6) is 0 Å². The number of rotatable bonds is 3. The molecule has 1 aliphatic rings. The van der Waals surface area contributed by atoms with Gasteiger partial charge in [0.15, 0.2) is 5.78 Å². The highest BCUT2D eigenvalue weighted by atomic mass is 35.5. The van der Waals surface area contributed by atoms with Gasteiger partial charge in [-0.25, -0.2) is 0 Å². The van der Waals surface area contributed by atoms with Gasteiger partial charge in [-0.15, -0.1) is 0 Å². The summed E-state index contributed by atoms with van der Waals surface area (Å²) in [4.78, 5) is 13.7. The average molecular weight is 206 g/mol. The number of hydrogen-bond acceptors (Lipinski definition) is 4. The van der Waals surface area contributed by atoms with Crippen LogP contribution < -0.4 is 0 Å². The summed E-state index contributed by atoms with van der Waals surface area (Å²) < 4.78 is 10.0. The second-order valence-corrected chi connectivity index (χ2v) is 3.05. The van der Waals surface area contributed by atoms with E-state index in [0.717, 1.165) is 0 Å². The molecule has 7 heteroatoms. The fourth-order valence-electron chi connectivity index (χ4n) is 0.882. The van der Waals surface area contributed by atoms with E-state index in [1.54, 1.807) is 0 Å². The van der Waals surface area contributed by atoms with Gasteiger partial charge in [-0.2, -0.15) is 0 Å². The van der Waals surface area contributed by atoms with Crippen molar-refractivity contribution in [1.29, 1.82) is 0 Å². The quantitative estimate of drug-likeness (QED) is 0.296. The van der Waals surface area contributed by atoms with Crippen LogP contribution in [0.25, 0.3) is 10.4 Å². The van der Waals surface area contributed by atoms with E-state index in [0.29, 0.717) is 6.61 Å². The molecule has 0 aromatic carbocycles. The molecule has 0 spiro atoms. The zero-order valence-corrected chi connectivity index (χ0v) is 7.53. The van der Waals surface area contributed by atoms with Crippen LogP contribution in [0.1, 0.15) is 0 Å². The van der Waals surface area contributed by atoms with E-state index in [1.807, 2.05) is 0 Å². The van der Waals surface area contributed by atoms with E-state index in [-0.39, 0.29) is 19.8 Å². The predicted octanol–water partition coefficient (Wildman–Crippen LogP) is 0.848. The van der Waals surface area contributed by atoms with Crippen LogP contribution in [0.3, 0.4) is 0 Å². The molecule has 72 valence electrons. The number of carbonyl (C=O) groups is 1. The number of ketones is 1. The number of hydrogen-bond donors (Lipinski definition) is 0. The molecule has 1 rings (SSSR count). The predicted molar refractivity (Wildman–Crippen MR) is 44.4 cm³/mol. The second kappa shape index (κ2) is 4.43. The highest BCUT2D eigenvalue weighted by Crippen LogP contribution is 2.22. The van der Waals surface area contributed by atoms with Crippen LogP contribution in [-0.4, -0.2) is 37.2 Å². The van der Waals surface area contributed by atoms with E-state index in [1.165, 1.54) is 0 Å². The second-order valence-electron chi connectivity index (χ2n) is 2.44. The maximum absolute atomic E-state index is 11.3. The zero-order chi connectivity index (χ0) is 9.73. The fourth-order valence-corrected chi connectivity index (χ4v) is 1.10. The van der Waals surface area contributed by atoms with Crippen LogP contribution in [-0.2, 0) is 14.3 Å². The Kier molecular flexibility index (Phi) is 3.50. The summed E-state index contributed by atoms with van der Waals surface area (Å²) in [6.07, 6.45) is 0. The summed E-state index contributed by atoms with van der Waals surface area (Å²) in [6, 6.07) is 0. The van der Waals surface area contributed by atoms with Gasteiger partial charge in [-0.3, -0.25) is 4.79 Å². The van der Waals surface area contributed by atoms with Crippen molar-refractivity contribution in [2.24, 2.45) is 5.11 Å². The number of halogens is 1. The van der Waals surface area contributed by atoms with Crippen molar-refractivity contribution in [3.8, 4) is 0 Å².